The van der Waals surface area contributed by atoms with Gasteiger partial charge in [-0.1, -0.05) is 42.4 Å². The Morgan fingerprint density at radius 3 is 2.65 bits per heavy atom. The highest BCUT2D eigenvalue weighted by Gasteiger charge is 2.27. The van der Waals surface area contributed by atoms with Gasteiger partial charge in [-0.05, 0) is 47.9 Å². The Morgan fingerprint density at radius 1 is 1.26 bits per heavy atom. The van der Waals surface area contributed by atoms with Crippen LogP contribution in [-0.2, 0) is 20.7 Å². The molecule has 0 aliphatic carbocycles. The summed E-state index contributed by atoms with van der Waals surface area (Å²) < 4.78 is 15.3. The zero-order valence-corrected chi connectivity index (χ0v) is 18.9. The second-order valence-corrected chi connectivity index (χ2v) is 8.13. The summed E-state index contributed by atoms with van der Waals surface area (Å²) >= 11 is 7.69. The number of carbonyl (C=O) groups excluding carboxylic acids is 2. The lowest BCUT2D eigenvalue weighted by molar-refractivity contribution is -0.142. The molecule has 164 valence electrons. The number of amides is 1. The number of esters is 1. The SMILES string of the molecule is CCc1ccc(N[C@H]2NC(=O)/C(=C/c3cc(Cl)c(OCC(=O)OC)c(OC)c3)S2)cc1. The Bertz CT molecular complexity index is 994. The molecule has 1 heterocycles. The van der Waals surface area contributed by atoms with Gasteiger partial charge in [0.05, 0.1) is 24.1 Å². The maximum Gasteiger partial charge on any atom is 0.343 e. The Morgan fingerprint density at radius 2 is 2.00 bits per heavy atom. The lowest BCUT2D eigenvalue weighted by Crippen LogP contribution is -2.30. The van der Waals surface area contributed by atoms with Gasteiger partial charge in [-0.3, -0.25) is 4.79 Å². The summed E-state index contributed by atoms with van der Waals surface area (Å²) in [6.07, 6.45) is 2.70. The summed E-state index contributed by atoms with van der Waals surface area (Å²) in [5.41, 5.74) is 2.55. The van der Waals surface area contributed by atoms with E-state index in [0.29, 0.717) is 16.2 Å². The molecule has 9 heteroatoms. The van der Waals surface area contributed by atoms with Crippen LogP contribution in [0.15, 0.2) is 41.3 Å². The summed E-state index contributed by atoms with van der Waals surface area (Å²) in [5, 5.41) is 6.44. The smallest absolute Gasteiger partial charge is 0.343 e. The van der Waals surface area contributed by atoms with Crippen molar-refractivity contribution in [2.75, 3.05) is 26.1 Å². The van der Waals surface area contributed by atoms with E-state index in [-0.39, 0.29) is 28.8 Å². The molecule has 1 aliphatic rings. The van der Waals surface area contributed by atoms with Crippen molar-refractivity contribution >= 4 is 47.0 Å². The van der Waals surface area contributed by atoms with E-state index in [1.807, 2.05) is 12.1 Å². The molecule has 0 spiro atoms. The molecule has 0 unspecified atom stereocenters. The maximum atomic E-state index is 12.4. The predicted molar refractivity (Wildman–Crippen MR) is 122 cm³/mol. The van der Waals surface area contributed by atoms with Crippen LogP contribution in [0.25, 0.3) is 6.08 Å². The number of rotatable bonds is 8. The van der Waals surface area contributed by atoms with Gasteiger partial charge in [0.25, 0.3) is 5.91 Å². The first-order valence-electron chi connectivity index (χ1n) is 9.55. The Labute approximate surface area is 190 Å². The Balaban J connectivity index is 1.73. The van der Waals surface area contributed by atoms with Crippen LogP contribution in [0.2, 0.25) is 5.02 Å². The average molecular weight is 463 g/mol. The van der Waals surface area contributed by atoms with Crippen LogP contribution in [0.5, 0.6) is 11.5 Å². The molecule has 1 atom stereocenters. The van der Waals surface area contributed by atoms with Gasteiger partial charge in [-0.15, -0.1) is 0 Å². The minimum Gasteiger partial charge on any atom is -0.493 e. The van der Waals surface area contributed by atoms with Crippen molar-refractivity contribution < 1.29 is 23.8 Å². The molecule has 2 N–H and O–H groups in total. The number of halogens is 1. The van der Waals surface area contributed by atoms with Crippen molar-refractivity contribution in [3.05, 3.63) is 57.5 Å². The second kappa shape index (κ2) is 10.5. The fraction of sp³-hybridized carbons (Fsp3) is 0.273. The van der Waals surface area contributed by atoms with Gasteiger partial charge in [-0.2, -0.15) is 0 Å². The van der Waals surface area contributed by atoms with Crippen LogP contribution in [0.4, 0.5) is 5.69 Å². The molecule has 0 aromatic heterocycles. The standard InChI is InChI=1S/C22H23ClN2O5S/c1-4-13-5-7-15(8-6-13)24-22-25-21(27)18(31-22)11-14-9-16(23)20(17(10-14)28-2)30-12-19(26)29-3/h5-11,22,24H,4,12H2,1-3H3,(H,25,27)/b18-11-/t22-/m0/s1. The predicted octanol–water partition coefficient (Wildman–Crippen LogP) is 4.06. The first kappa shape index (κ1) is 22.8. The fourth-order valence-corrected chi connectivity index (χ4v) is 4.12. The minimum atomic E-state index is -0.536. The third-order valence-corrected chi connectivity index (χ3v) is 5.81. The van der Waals surface area contributed by atoms with Gasteiger partial charge in [0.2, 0.25) is 0 Å². The summed E-state index contributed by atoms with van der Waals surface area (Å²) in [4.78, 5) is 24.3. The molecule has 1 amide bonds. The van der Waals surface area contributed by atoms with Gasteiger partial charge in [0.1, 0.15) is 0 Å². The first-order chi connectivity index (χ1) is 14.9. The van der Waals surface area contributed by atoms with E-state index in [1.54, 1.807) is 18.2 Å². The molecule has 1 fully saturated rings. The molecule has 0 radical (unpaired) electrons. The summed E-state index contributed by atoms with van der Waals surface area (Å²) in [6.45, 7) is 1.81. The summed E-state index contributed by atoms with van der Waals surface area (Å²) in [6, 6.07) is 11.4. The quantitative estimate of drug-likeness (QED) is 0.452. The van der Waals surface area contributed by atoms with Crippen LogP contribution in [0.1, 0.15) is 18.1 Å². The molecular formula is C22H23ClN2O5S. The van der Waals surface area contributed by atoms with E-state index in [4.69, 9.17) is 21.1 Å². The number of thioether (sulfide) groups is 1. The molecular weight excluding hydrogens is 440 g/mol. The van der Waals surface area contributed by atoms with Crippen LogP contribution < -0.4 is 20.1 Å². The topological polar surface area (TPSA) is 85.9 Å². The average Bonchev–Trinajstić information content (AvgIpc) is 3.11. The molecule has 2 aromatic carbocycles. The monoisotopic (exact) mass is 462 g/mol. The van der Waals surface area contributed by atoms with Gasteiger partial charge in [0, 0.05) is 5.69 Å². The number of anilines is 1. The molecule has 7 nitrogen and oxygen atoms in total. The van der Waals surface area contributed by atoms with Gasteiger partial charge < -0.3 is 24.8 Å². The van der Waals surface area contributed by atoms with Crippen molar-refractivity contribution in [2.45, 2.75) is 18.8 Å². The van der Waals surface area contributed by atoms with E-state index in [9.17, 15) is 9.59 Å². The molecule has 1 aliphatic heterocycles. The Hall–Kier alpha value is -2.84. The number of benzene rings is 2. The van der Waals surface area contributed by atoms with Crippen LogP contribution in [0.3, 0.4) is 0 Å². The van der Waals surface area contributed by atoms with Crippen molar-refractivity contribution in [2.24, 2.45) is 0 Å². The van der Waals surface area contributed by atoms with Gasteiger partial charge >= 0.3 is 5.97 Å². The number of aryl methyl sites for hydroxylation is 1. The van der Waals surface area contributed by atoms with Crippen molar-refractivity contribution in [3.8, 4) is 11.5 Å². The number of nitrogens with one attached hydrogen (secondary N) is 2. The number of methoxy groups -OCH3 is 2. The zero-order valence-electron chi connectivity index (χ0n) is 17.4. The number of hydrogen-bond acceptors (Lipinski definition) is 7. The molecule has 1 saturated heterocycles. The first-order valence-corrected chi connectivity index (χ1v) is 10.8. The second-order valence-electron chi connectivity index (χ2n) is 6.57. The Kier molecular flexibility index (Phi) is 7.70. The zero-order chi connectivity index (χ0) is 22.4. The van der Waals surface area contributed by atoms with Crippen molar-refractivity contribution in [3.63, 3.8) is 0 Å². The highest BCUT2D eigenvalue weighted by molar-refractivity contribution is 8.05. The lowest BCUT2D eigenvalue weighted by Gasteiger charge is -2.13. The third-order valence-electron chi connectivity index (χ3n) is 4.50. The van der Waals surface area contributed by atoms with Crippen molar-refractivity contribution in [1.82, 2.24) is 5.32 Å². The lowest BCUT2D eigenvalue weighted by atomic mass is 10.1. The van der Waals surface area contributed by atoms with Crippen LogP contribution in [-0.4, -0.2) is 38.2 Å². The highest BCUT2D eigenvalue weighted by atomic mass is 35.5. The largest absolute Gasteiger partial charge is 0.493 e. The van der Waals surface area contributed by atoms with Crippen molar-refractivity contribution in [1.29, 1.82) is 0 Å². The van der Waals surface area contributed by atoms with E-state index in [2.05, 4.69) is 34.4 Å². The molecule has 2 aromatic rings. The number of ether oxygens (including phenoxy) is 3. The maximum absolute atomic E-state index is 12.4. The van der Waals surface area contributed by atoms with Crippen LogP contribution >= 0.6 is 23.4 Å². The number of carbonyl (C=O) groups is 2. The molecule has 0 saturated carbocycles. The van der Waals surface area contributed by atoms with Gasteiger partial charge in [0.15, 0.2) is 23.6 Å². The number of hydrogen-bond donors (Lipinski definition) is 2. The normalized spacial score (nSPS) is 16.7. The minimum absolute atomic E-state index is 0.186. The summed E-state index contributed by atoms with van der Waals surface area (Å²) in [7, 11) is 2.74. The van der Waals surface area contributed by atoms with Crippen LogP contribution in [0, 0.1) is 0 Å². The highest BCUT2D eigenvalue weighted by Crippen LogP contribution is 2.38. The summed E-state index contributed by atoms with van der Waals surface area (Å²) in [5.74, 6) is -0.146. The van der Waals surface area contributed by atoms with E-state index < -0.39 is 5.97 Å². The molecule has 0 bridgehead atoms. The molecule has 3 rings (SSSR count). The fourth-order valence-electron chi connectivity index (χ4n) is 2.86. The van der Waals surface area contributed by atoms with E-state index >= 15 is 0 Å². The van der Waals surface area contributed by atoms with E-state index in [1.165, 1.54) is 31.5 Å². The van der Waals surface area contributed by atoms with E-state index in [0.717, 1.165) is 12.1 Å². The molecule has 31 heavy (non-hydrogen) atoms. The van der Waals surface area contributed by atoms with Gasteiger partial charge in [-0.25, -0.2) is 4.79 Å². The third kappa shape index (κ3) is 5.86.